The molecule has 0 aliphatic carbocycles. The minimum absolute atomic E-state index is 0.183. The van der Waals surface area contributed by atoms with Crippen molar-refractivity contribution in [2.24, 2.45) is 12.2 Å². The van der Waals surface area contributed by atoms with Gasteiger partial charge in [-0.2, -0.15) is 5.10 Å². The average Bonchev–Trinajstić information content (AvgIpc) is 3.04. The van der Waals surface area contributed by atoms with E-state index in [0.29, 0.717) is 16.5 Å². The highest BCUT2D eigenvalue weighted by Crippen LogP contribution is 2.30. The highest BCUT2D eigenvalue weighted by atomic mass is 35.5. The van der Waals surface area contributed by atoms with Crippen molar-refractivity contribution in [2.75, 3.05) is 14.2 Å². The van der Waals surface area contributed by atoms with Crippen LogP contribution >= 0.6 is 11.6 Å². The van der Waals surface area contributed by atoms with Gasteiger partial charge in [-0.1, -0.05) is 53.2 Å². The molecule has 1 aromatic heterocycles. The molecule has 0 radical (unpaired) electrons. The second-order valence-electron chi connectivity index (χ2n) is 6.56. The zero-order chi connectivity index (χ0) is 21.7. The van der Waals surface area contributed by atoms with Gasteiger partial charge in [0.25, 0.3) is 5.91 Å². The first-order valence-electron chi connectivity index (χ1n) is 9.30. The van der Waals surface area contributed by atoms with Gasteiger partial charge in [-0.3, -0.25) is 4.79 Å². The predicted molar refractivity (Wildman–Crippen MR) is 117 cm³/mol. The number of benzene rings is 2. The van der Waals surface area contributed by atoms with Crippen molar-refractivity contribution in [3.63, 3.8) is 0 Å². The van der Waals surface area contributed by atoms with E-state index in [2.05, 4.69) is 15.6 Å². The predicted octanol–water partition coefficient (Wildman–Crippen LogP) is 3.72. The fourth-order valence-electron chi connectivity index (χ4n) is 3.14. The van der Waals surface area contributed by atoms with Crippen LogP contribution in [0.4, 0.5) is 0 Å². The molecule has 30 heavy (non-hydrogen) atoms. The standard InChI is InChI=1S/C22H23ClN4O3/c1-14-19(15-9-11-17(23)12-10-15)25-27(3)22(14)30-13-16-7-5-6-8-18(16)20(26-29-4)21(28)24-2/h5-12H,13H2,1-4H3,(H,24,28)/b26-20+. The molecular formula is C22H23ClN4O3. The van der Waals surface area contributed by atoms with Crippen LogP contribution in [0.15, 0.2) is 53.7 Å². The van der Waals surface area contributed by atoms with E-state index in [9.17, 15) is 4.79 Å². The monoisotopic (exact) mass is 426 g/mol. The van der Waals surface area contributed by atoms with E-state index < -0.39 is 0 Å². The minimum atomic E-state index is -0.342. The molecule has 0 aliphatic heterocycles. The van der Waals surface area contributed by atoms with Gasteiger partial charge >= 0.3 is 0 Å². The summed E-state index contributed by atoms with van der Waals surface area (Å²) < 4.78 is 7.81. The molecule has 0 bridgehead atoms. The molecular weight excluding hydrogens is 404 g/mol. The number of ether oxygens (including phenoxy) is 1. The number of amides is 1. The number of nitrogens with one attached hydrogen (secondary N) is 1. The Morgan fingerprint density at radius 1 is 1.20 bits per heavy atom. The second-order valence-corrected chi connectivity index (χ2v) is 6.99. The molecule has 0 aliphatic rings. The van der Waals surface area contributed by atoms with Gasteiger partial charge in [0.05, 0.1) is 5.69 Å². The Morgan fingerprint density at radius 2 is 1.90 bits per heavy atom. The van der Waals surface area contributed by atoms with E-state index in [1.165, 1.54) is 7.11 Å². The van der Waals surface area contributed by atoms with Crippen molar-refractivity contribution < 1.29 is 14.4 Å². The fraction of sp³-hybridized carbons (Fsp3) is 0.227. The quantitative estimate of drug-likeness (QED) is 0.461. The number of hydrogen-bond donors (Lipinski definition) is 1. The van der Waals surface area contributed by atoms with Gasteiger partial charge in [-0.05, 0) is 24.6 Å². The van der Waals surface area contributed by atoms with Crippen LogP contribution in [0, 0.1) is 6.92 Å². The number of oxime groups is 1. The van der Waals surface area contributed by atoms with Crippen molar-refractivity contribution in [3.05, 3.63) is 70.2 Å². The highest BCUT2D eigenvalue weighted by Gasteiger charge is 2.19. The summed E-state index contributed by atoms with van der Waals surface area (Å²) in [5, 5.41) is 11.7. The first-order chi connectivity index (χ1) is 14.5. The molecule has 0 atom stereocenters. The van der Waals surface area contributed by atoms with Crippen LogP contribution in [0.2, 0.25) is 5.02 Å². The van der Waals surface area contributed by atoms with Crippen LogP contribution < -0.4 is 10.1 Å². The number of likely N-dealkylation sites (N-methyl/N-ethyl adjacent to an activating group) is 1. The van der Waals surface area contributed by atoms with E-state index in [-0.39, 0.29) is 18.2 Å². The Kier molecular flexibility index (Phi) is 6.74. The Hall–Kier alpha value is -3.32. The number of carbonyl (C=O) groups excluding carboxylic acids is 1. The lowest BCUT2D eigenvalue weighted by Crippen LogP contribution is -2.29. The molecule has 3 aromatic rings. The summed E-state index contributed by atoms with van der Waals surface area (Å²) in [4.78, 5) is 17.1. The number of hydrogen-bond acceptors (Lipinski definition) is 5. The van der Waals surface area contributed by atoms with Crippen molar-refractivity contribution in [1.29, 1.82) is 0 Å². The molecule has 0 saturated heterocycles. The van der Waals surface area contributed by atoms with E-state index in [0.717, 1.165) is 22.4 Å². The first-order valence-corrected chi connectivity index (χ1v) is 9.67. The van der Waals surface area contributed by atoms with Crippen LogP contribution in [-0.4, -0.2) is 35.6 Å². The van der Waals surface area contributed by atoms with Gasteiger partial charge < -0.3 is 14.9 Å². The normalized spacial score (nSPS) is 11.3. The maximum Gasteiger partial charge on any atom is 0.273 e. The molecule has 3 rings (SSSR count). The van der Waals surface area contributed by atoms with E-state index >= 15 is 0 Å². The SMILES string of the molecule is CNC(=O)/C(=N/OC)c1ccccc1COc1c(C)c(-c2ccc(Cl)cc2)nn1C. The summed E-state index contributed by atoms with van der Waals surface area (Å²) in [6.45, 7) is 2.19. The maximum atomic E-state index is 12.2. The third-order valence-electron chi connectivity index (χ3n) is 4.60. The number of aryl methyl sites for hydroxylation is 1. The zero-order valence-corrected chi connectivity index (χ0v) is 18.0. The lowest BCUT2D eigenvalue weighted by atomic mass is 10.0. The lowest BCUT2D eigenvalue weighted by Gasteiger charge is -2.12. The summed E-state index contributed by atoms with van der Waals surface area (Å²) in [6.07, 6.45) is 0. The lowest BCUT2D eigenvalue weighted by molar-refractivity contribution is -0.114. The minimum Gasteiger partial charge on any atom is -0.473 e. The maximum absolute atomic E-state index is 12.2. The smallest absolute Gasteiger partial charge is 0.273 e. The molecule has 1 heterocycles. The second kappa shape index (κ2) is 9.45. The summed E-state index contributed by atoms with van der Waals surface area (Å²) in [5.41, 5.74) is 4.31. The Balaban J connectivity index is 1.89. The molecule has 1 N–H and O–H groups in total. The van der Waals surface area contributed by atoms with Crippen molar-refractivity contribution >= 4 is 23.2 Å². The van der Waals surface area contributed by atoms with Crippen LogP contribution in [0.5, 0.6) is 5.88 Å². The van der Waals surface area contributed by atoms with Crippen molar-refractivity contribution in [2.45, 2.75) is 13.5 Å². The Morgan fingerprint density at radius 3 is 2.57 bits per heavy atom. The van der Waals surface area contributed by atoms with Crippen molar-refractivity contribution in [1.82, 2.24) is 15.1 Å². The van der Waals surface area contributed by atoms with Crippen LogP contribution in [-0.2, 0) is 23.3 Å². The Labute approximate surface area is 180 Å². The van der Waals surface area contributed by atoms with E-state index in [1.54, 1.807) is 17.8 Å². The zero-order valence-electron chi connectivity index (χ0n) is 17.3. The number of carbonyl (C=O) groups is 1. The molecule has 8 heteroatoms. The van der Waals surface area contributed by atoms with E-state index in [1.807, 2.05) is 56.4 Å². The molecule has 7 nitrogen and oxygen atoms in total. The molecule has 0 fully saturated rings. The summed E-state index contributed by atoms with van der Waals surface area (Å²) in [5.74, 6) is 0.297. The fourth-order valence-corrected chi connectivity index (χ4v) is 3.27. The van der Waals surface area contributed by atoms with Gasteiger partial charge in [0.1, 0.15) is 13.7 Å². The Bertz CT molecular complexity index is 1070. The van der Waals surface area contributed by atoms with Crippen LogP contribution in [0.25, 0.3) is 11.3 Å². The molecule has 2 aromatic carbocycles. The largest absolute Gasteiger partial charge is 0.473 e. The summed E-state index contributed by atoms with van der Waals surface area (Å²) >= 11 is 5.99. The topological polar surface area (TPSA) is 77.7 Å². The summed E-state index contributed by atoms with van der Waals surface area (Å²) in [6, 6.07) is 14.9. The van der Waals surface area contributed by atoms with Gasteiger partial charge in [0, 0.05) is 35.8 Å². The third-order valence-corrected chi connectivity index (χ3v) is 4.85. The molecule has 1 amide bonds. The third kappa shape index (κ3) is 4.46. The number of nitrogens with zero attached hydrogens (tertiary/aromatic N) is 3. The van der Waals surface area contributed by atoms with Gasteiger partial charge in [0.15, 0.2) is 5.71 Å². The van der Waals surface area contributed by atoms with Gasteiger partial charge in [-0.15, -0.1) is 0 Å². The molecule has 0 unspecified atom stereocenters. The molecule has 0 saturated carbocycles. The number of halogens is 1. The molecule has 156 valence electrons. The highest BCUT2D eigenvalue weighted by molar-refractivity contribution is 6.45. The van der Waals surface area contributed by atoms with Crippen LogP contribution in [0.3, 0.4) is 0 Å². The summed E-state index contributed by atoms with van der Waals surface area (Å²) in [7, 11) is 4.78. The average molecular weight is 427 g/mol. The van der Waals surface area contributed by atoms with Crippen LogP contribution in [0.1, 0.15) is 16.7 Å². The number of aromatic nitrogens is 2. The van der Waals surface area contributed by atoms with Gasteiger partial charge in [0.2, 0.25) is 5.88 Å². The van der Waals surface area contributed by atoms with Crippen molar-refractivity contribution in [3.8, 4) is 17.1 Å². The molecule has 0 spiro atoms. The van der Waals surface area contributed by atoms with E-state index in [4.69, 9.17) is 21.2 Å². The first kappa shape index (κ1) is 21.4. The van der Waals surface area contributed by atoms with Gasteiger partial charge in [-0.25, -0.2) is 4.68 Å². The number of rotatable bonds is 7.